The van der Waals surface area contributed by atoms with E-state index >= 15 is 0 Å². The average molecular weight is 447 g/mol. The van der Waals surface area contributed by atoms with E-state index in [2.05, 4.69) is 32.3 Å². The van der Waals surface area contributed by atoms with Gasteiger partial charge >= 0.3 is 0 Å². The molecule has 2 unspecified atom stereocenters. The summed E-state index contributed by atoms with van der Waals surface area (Å²) in [4.78, 5) is 6.54. The number of aromatic nitrogens is 5. The van der Waals surface area contributed by atoms with Crippen LogP contribution in [0.5, 0.6) is 0 Å². The number of rotatable bonds is 4. The Bertz CT molecular complexity index is 1320. The molecule has 0 radical (unpaired) electrons. The highest BCUT2D eigenvalue weighted by atomic mass is 35.5. The number of halogens is 1. The topological polar surface area (TPSA) is 72.0 Å². The van der Waals surface area contributed by atoms with Crippen molar-refractivity contribution in [3.63, 3.8) is 0 Å². The molecule has 3 aromatic heterocycles. The molecule has 4 fully saturated rings. The monoisotopic (exact) mass is 446 g/mol. The van der Waals surface area contributed by atoms with Crippen LogP contribution in [0.1, 0.15) is 30.9 Å². The van der Waals surface area contributed by atoms with E-state index in [0.29, 0.717) is 6.04 Å². The average Bonchev–Trinajstić information content (AvgIpc) is 3.42. The van der Waals surface area contributed by atoms with Gasteiger partial charge in [-0.15, -0.1) is 0 Å². The van der Waals surface area contributed by atoms with Crippen LogP contribution < -0.4 is 4.90 Å². The fourth-order valence-corrected chi connectivity index (χ4v) is 5.93. The van der Waals surface area contributed by atoms with Crippen molar-refractivity contribution in [1.29, 1.82) is 0 Å². The van der Waals surface area contributed by atoms with Gasteiger partial charge < -0.3 is 10.0 Å². The van der Waals surface area contributed by atoms with Crippen LogP contribution in [0.15, 0.2) is 55.2 Å². The van der Waals surface area contributed by atoms with E-state index in [1.165, 1.54) is 12.8 Å². The van der Waals surface area contributed by atoms with Crippen molar-refractivity contribution in [2.45, 2.75) is 30.9 Å². The minimum absolute atomic E-state index is 0.166. The van der Waals surface area contributed by atoms with Crippen molar-refractivity contribution in [2.24, 2.45) is 11.8 Å². The van der Waals surface area contributed by atoms with E-state index in [4.69, 9.17) is 11.6 Å². The summed E-state index contributed by atoms with van der Waals surface area (Å²) < 4.78 is 3.98. The van der Waals surface area contributed by atoms with Gasteiger partial charge in [0.2, 0.25) is 0 Å². The quantitative estimate of drug-likeness (QED) is 0.514. The number of hydrogen-bond acceptors (Lipinski definition) is 5. The standard InChI is InChI=1S/C24H23ClN6O/c25-21-6-15-9-28-31(20-11-27-30(14-20)19-3-4-19)22(15)8-23(21)29-12-17-7-18(13-29)24(17,32)16-2-1-5-26-10-16/h1-2,5-6,8-11,14,17-19,32H,3-4,7,12-13H2. The molecule has 2 atom stereocenters. The van der Waals surface area contributed by atoms with Gasteiger partial charge in [-0.1, -0.05) is 17.7 Å². The molecule has 1 N–H and O–H groups in total. The smallest absolute Gasteiger partial charge is 0.103 e. The van der Waals surface area contributed by atoms with Gasteiger partial charge in [0.1, 0.15) is 11.3 Å². The lowest BCUT2D eigenvalue weighted by Crippen LogP contribution is -2.65. The van der Waals surface area contributed by atoms with Crippen molar-refractivity contribution in [3.8, 4) is 5.69 Å². The molecule has 7 nitrogen and oxygen atoms in total. The number of benzene rings is 1. The molecule has 32 heavy (non-hydrogen) atoms. The van der Waals surface area contributed by atoms with Crippen LogP contribution in [0.4, 0.5) is 5.69 Å². The normalized spacial score (nSPS) is 27.0. The number of nitrogens with zero attached hydrogens (tertiary/aromatic N) is 6. The largest absolute Gasteiger partial charge is 0.384 e. The van der Waals surface area contributed by atoms with Crippen molar-refractivity contribution in [2.75, 3.05) is 18.0 Å². The van der Waals surface area contributed by atoms with Crippen LogP contribution in [0, 0.1) is 11.8 Å². The van der Waals surface area contributed by atoms with Gasteiger partial charge in [-0.05, 0) is 37.5 Å². The van der Waals surface area contributed by atoms with E-state index in [9.17, 15) is 5.11 Å². The van der Waals surface area contributed by atoms with Crippen LogP contribution >= 0.6 is 11.6 Å². The SMILES string of the molecule is OC1(c2cccnc2)C2CC1CN(c1cc3c(cnn3-c3cnn(C4CC4)c3)cc1Cl)C2. The highest BCUT2D eigenvalue weighted by molar-refractivity contribution is 6.34. The highest BCUT2D eigenvalue weighted by Gasteiger charge is 2.59. The van der Waals surface area contributed by atoms with Crippen molar-refractivity contribution < 1.29 is 5.11 Å². The molecule has 5 heterocycles. The molecule has 2 bridgehead atoms. The van der Waals surface area contributed by atoms with Crippen LogP contribution in [0.3, 0.4) is 0 Å². The lowest BCUT2D eigenvalue weighted by Gasteiger charge is -2.60. The number of anilines is 1. The summed E-state index contributed by atoms with van der Waals surface area (Å²) in [5.74, 6) is 0.331. The Morgan fingerprint density at radius 2 is 1.91 bits per heavy atom. The Hall–Kier alpha value is -2.90. The van der Waals surface area contributed by atoms with Gasteiger partial charge in [0.25, 0.3) is 0 Å². The third-order valence-electron chi connectivity index (χ3n) is 7.55. The van der Waals surface area contributed by atoms with E-state index < -0.39 is 5.60 Å². The summed E-state index contributed by atoms with van der Waals surface area (Å²) >= 11 is 6.73. The fraction of sp³-hybridized carbons (Fsp3) is 0.375. The summed E-state index contributed by atoms with van der Waals surface area (Å²) in [6.45, 7) is 1.53. The number of hydrogen-bond donors (Lipinski definition) is 1. The molecule has 0 amide bonds. The fourth-order valence-electron chi connectivity index (χ4n) is 5.64. The van der Waals surface area contributed by atoms with Crippen LogP contribution in [0.25, 0.3) is 16.6 Å². The molecule has 1 aromatic carbocycles. The van der Waals surface area contributed by atoms with Gasteiger partial charge in [0, 0.05) is 48.3 Å². The zero-order valence-electron chi connectivity index (χ0n) is 17.5. The Kier molecular flexibility index (Phi) is 3.82. The molecule has 8 heteroatoms. The minimum Gasteiger partial charge on any atom is -0.384 e. The summed E-state index contributed by atoms with van der Waals surface area (Å²) in [6.07, 6.45) is 12.8. The Balaban J connectivity index is 1.22. The van der Waals surface area contributed by atoms with E-state index in [-0.39, 0.29) is 11.8 Å². The summed E-state index contributed by atoms with van der Waals surface area (Å²) in [7, 11) is 0. The molecule has 4 aromatic rings. The lowest BCUT2D eigenvalue weighted by molar-refractivity contribution is -0.168. The minimum atomic E-state index is -0.791. The Morgan fingerprint density at radius 3 is 2.66 bits per heavy atom. The summed E-state index contributed by atoms with van der Waals surface area (Å²) in [5, 5.41) is 22.3. The van der Waals surface area contributed by atoms with Crippen LogP contribution in [0.2, 0.25) is 5.02 Å². The molecule has 8 rings (SSSR count). The molecule has 2 aliphatic heterocycles. The van der Waals surface area contributed by atoms with Gasteiger partial charge in [-0.25, -0.2) is 4.68 Å². The molecule has 0 spiro atoms. The van der Waals surface area contributed by atoms with E-state index in [1.54, 1.807) is 12.4 Å². The van der Waals surface area contributed by atoms with Crippen molar-refractivity contribution >= 4 is 28.2 Å². The third kappa shape index (κ3) is 2.61. The first kappa shape index (κ1) is 18.7. The van der Waals surface area contributed by atoms with Gasteiger partial charge in [0.05, 0.1) is 40.9 Å². The second-order valence-corrected chi connectivity index (χ2v) is 9.84. The maximum Gasteiger partial charge on any atom is 0.103 e. The maximum absolute atomic E-state index is 11.5. The lowest BCUT2D eigenvalue weighted by atomic mass is 9.55. The molecule has 4 aliphatic rings. The molecule has 2 saturated carbocycles. The molecular formula is C24H23ClN6O. The van der Waals surface area contributed by atoms with Gasteiger partial charge in [0.15, 0.2) is 0 Å². The predicted molar refractivity (Wildman–Crippen MR) is 122 cm³/mol. The highest BCUT2D eigenvalue weighted by Crippen LogP contribution is 2.55. The van der Waals surface area contributed by atoms with Crippen LogP contribution in [-0.4, -0.2) is 42.7 Å². The predicted octanol–water partition coefficient (Wildman–Crippen LogP) is 3.95. The molecule has 162 valence electrons. The Morgan fingerprint density at radius 1 is 1.06 bits per heavy atom. The molecule has 2 aliphatic carbocycles. The third-order valence-corrected chi connectivity index (χ3v) is 7.85. The van der Waals surface area contributed by atoms with Crippen molar-refractivity contribution in [1.82, 2.24) is 24.5 Å². The first-order valence-electron chi connectivity index (χ1n) is 11.2. The zero-order valence-corrected chi connectivity index (χ0v) is 18.2. The number of fused-ring (bicyclic) bond motifs is 3. The first-order chi connectivity index (χ1) is 15.6. The first-order valence-corrected chi connectivity index (χ1v) is 11.6. The summed E-state index contributed by atoms with van der Waals surface area (Å²) in [6, 6.07) is 8.55. The Labute approximate surface area is 190 Å². The van der Waals surface area contributed by atoms with E-state index in [0.717, 1.165) is 52.4 Å². The number of aliphatic hydroxyl groups is 1. The van der Waals surface area contributed by atoms with E-state index in [1.807, 2.05) is 40.0 Å². The van der Waals surface area contributed by atoms with Gasteiger partial charge in [-0.3, -0.25) is 9.67 Å². The number of piperidine rings is 2. The summed E-state index contributed by atoms with van der Waals surface area (Å²) in [5.41, 5.74) is 3.11. The van der Waals surface area contributed by atoms with Gasteiger partial charge in [-0.2, -0.15) is 10.2 Å². The zero-order chi connectivity index (χ0) is 21.4. The second kappa shape index (κ2) is 6.56. The number of pyridine rings is 1. The molecule has 2 saturated heterocycles. The second-order valence-electron chi connectivity index (χ2n) is 9.43. The van der Waals surface area contributed by atoms with Crippen LogP contribution in [-0.2, 0) is 5.60 Å². The van der Waals surface area contributed by atoms with Crippen molar-refractivity contribution in [3.05, 3.63) is 65.8 Å². The molecular weight excluding hydrogens is 424 g/mol. The maximum atomic E-state index is 11.5.